The second-order valence-electron chi connectivity index (χ2n) is 4.03. The minimum Gasteiger partial charge on any atom is -0.264 e. The highest BCUT2D eigenvalue weighted by Gasteiger charge is 2.27. The Morgan fingerprint density at radius 3 is 2.21 bits per heavy atom. The lowest BCUT2D eigenvalue weighted by atomic mass is 10.0. The SMILES string of the molecule is Cc1cc([N+](=O)[O-])ccc1CC(C[N+](=O)[O-])[N+](=O)[O-]. The first-order chi connectivity index (χ1) is 8.81. The lowest BCUT2D eigenvalue weighted by Gasteiger charge is -2.08. The third-order valence-corrected chi connectivity index (χ3v) is 2.65. The Kier molecular flexibility index (Phi) is 4.46. The van der Waals surface area contributed by atoms with Gasteiger partial charge in [0, 0.05) is 28.4 Å². The first-order valence-electron chi connectivity index (χ1n) is 5.30. The molecule has 0 aliphatic carbocycles. The lowest BCUT2D eigenvalue weighted by molar-refractivity contribution is -0.587. The van der Waals surface area contributed by atoms with E-state index in [1.54, 1.807) is 6.92 Å². The molecule has 0 N–H and O–H groups in total. The van der Waals surface area contributed by atoms with Crippen LogP contribution in [0.5, 0.6) is 0 Å². The van der Waals surface area contributed by atoms with Crippen LogP contribution in [0, 0.1) is 37.3 Å². The Balaban J connectivity index is 2.94. The second-order valence-corrected chi connectivity index (χ2v) is 4.03. The standard InChI is InChI=1S/C10H11N3O6/c1-7-4-9(12(16)17)3-2-8(7)5-10(13(18)19)6-11(14)15/h2-4,10H,5-6H2,1H3. The van der Waals surface area contributed by atoms with E-state index in [-0.39, 0.29) is 12.1 Å². The molecule has 19 heavy (non-hydrogen) atoms. The molecular formula is C10H11N3O6. The van der Waals surface area contributed by atoms with Gasteiger partial charge >= 0.3 is 0 Å². The zero-order valence-electron chi connectivity index (χ0n) is 10.0. The van der Waals surface area contributed by atoms with E-state index in [4.69, 9.17) is 0 Å². The van der Waals surface area contributed by atoms with E-state index in [1.807, 2.05) is 0 Å². The molecule has 0 aliphatic heterocycles. The summed E-state index contributed by atoms with van der Waals surface area (Å²) in [5, 5.41) is 31.6. The molecule has 0 saturated carbocycles. The molecule has 0 aromatic heterocycles. The van der Waals surface area contributed by atoms with E-state index >= 15 is 0 Å². The Morgan fingerprint density at radius 1 is 1.16 bits per heavy atom. The summed E-state index contributed by atoms with van der Waals surface area (Å²) in [5.74, 6) is 0. The average Bonchev–Trinajstić information content (AvgIpc) is 2.29. The van der Waals surface area contributed by atoms with Gasteiger partial charge in [-0.25, -0.2) is 0 Å². The van der Waals surface area contributed by atoms with E-state index in [0.29, 0.717) is 11.1 Å². The molecule has 1 aromatic rings. The topological polar surface area (TPSA) is 129 Å². The molecule has 0 heterocycles. The molecule has 0 aliphatic rings. The fourth-order valence-electron chi connectivity index (χ4n) is 1.65. The summed E-state index contributed by atoms with van der Waals surface area (Å²) >= 11 is 0. The summed E-state index contributed by atoms with van der Waals surface area (Å²) in [4.78, 5) is 29.6. The molecule has 1 aromatic carbocycles. The maximum Gasteiger partial charge on any atom is 0.280 e. The number of non-ortho nitro benzene ring substituents is 1. The fraction of sp³-hybridized carbons (Fsp3) is 0.400. The lowest BCUT2D eigenvalue weighted by Crippen LogP contribution is -2.30. The highest BCUT2D eigenvalue weighted by Crippen LogP contribution is 2.19. The number of rotatable bonds is 6. The number of nitro benzene ring substituents is 1. The van der Waals surface area contributed by atoms with Crippen LogP contribution >= 0.6 is 0 Å². The quantitative estimate of drug-likeness (QED) is 0.566. The molecule has 0 saturated heterocycles. The Labute approximate surface area is 107 Å². The van der Waals surface area contributed by atoms with Crippen molar-refractivity contribution in [2.45, 2.75) is 19.4 Å². The van der Waals surface area contributed by atoms with Crippen LogP contribution in [0.2, 0.25) is 0 Å². The monoisotopic (exact) mass is 269 g/mol. The fourth-order valence-corrected chi connectivity index (χ4v) is 1.65. The van der Waals surface area contributed by atoms with Gasteiger partial charge in [0.25, 0.3) is 18.3 Å². The molecule has 0 spiro atoms. The van der Waals surface area contributed by atoms with Crippen LogP contribution in [0.15, 0.2) is 18.2 Å². The van der Waals surface area contributed by atoms with Crippen LogP contribution < -0.4 is 0 Å². The summed E-state index contributed by atoms with van der Waals surface area (Å²) in [7, 11) is 0. The maximum atomic E-state index is 10.7. The minimum atomic E-state index is -1.34. The summed E-state index contributed by atoms with van der Waals surface area (Å²) in [5.41, 5.74) is 0.881. The molecule has 0 radical (unpaired) electrons. The van der Waals surface area contributed by atoms with Gasteiger partial charge in [-0.15, -0.1) is 0 Å². The van der Waals surface area contributed by atoms with Crippen LogP contribution in [0.1, 0.15) is 11.1 Å². The summed E-state index contributed by atoms with van der Waals surface area (Å²) in [6.45, 7) is 0.801. The van der Waals surface area contributed by atoms with Gasteiger partial charge in [0.2, 0.25) is 0 Å². The Bertz CT molecular complexity index is 530. The van der Waals surface area contributed by atoms with Gasteiger partial charge in [0.05, 0.1) is 4.92 Å². The zero-order chi connectivity index (χ0) is 14.6. The molecule has 9 nitrogen and oxygen atoms in total. The van der Waals surface area contributed by atoms with Crippen LogP contribution in [0.25, 0.3) is 0 Å². The van der Waals surface area contributed by atoms with E-state index in [2.05, 4.69) is 0 Å². The second kappa shape index (κ2) is 5.85. The molecule has 0 bridgehead atoms. The number of benzene rings is 1. The number of nitrogens with zero attached hydrogens (tertiary/aromatic N) is 3. The van der Waals surface area contributed by atoms with Crippen molar-refractivity contribution in [3.8, 4) is 0 Å². The van der Waals surface area contributed by atoms with Gasteiger partial charge in [-0.2, -0.15) is 0 Å². The normalized spacial score (nSPS) is 11.8. The van der Waals surface area contributed by atoms with Gasteiger partial charge in [-0.05, 0) is 18.1 Å². The first-order valence-corrected chi connectivity index (χ1v) is 5.30. The Hall–Kier alpha value is -2.58. The van der Waals surface area contributed by atoms with Gasteiger partial charge in [0.15, 0.2) is 0 Å². The smallest absolute Gasteiger partial charge is 0.264 e. The summed E-state index contributed by atoms with van der Waals surface area (Å²) in [6.07, 6.45) is -0.127. The van der Waals surface area contributed by atoms with Crippen LogP contribution in [-0.4, -0.2) is 27.4 Å². The summed E-state index contributed by atoms with van der Waals surface area (Å²) < 4.78 is 0. The van der Waals surface area contributed by atoms with Crippen molar-refractivity contribution in [2.75, 3.05) is 6.54 Å². The van der Waals surface area contributed by atoms with Crippen molar-refractivity contribution in [1.29, 1.82) is 0 Å². The van der Waals surface area contributed by atoms with E-state index < -0.39 is 27.4 Å². The number of nitro groups is 3. The number of hydrogen-bond acceptors (Lipinski definition) is 6. The molecule has 1 atom stereocenters. The maximum absolute atomic E-state index is 10.7. The highest BCUT2D eigenvalue weighted by molar-refractivity contribution is 5.39. The molecule has 0 amide bonds. The molecule has 0 fully saturated rings. The van der Waals surface area contributed by atoms with Crippen LogP contribution in [-0.2, 0) is 6.42 Å². The van der Waals surface area contributed by atoms with Crippen molar-refractivity contribution in [3.63, 3.8) is 0 Å². The average molecular weight is 269 g/mol. The van der Waals surface area contributed by atoms with E-state index in [0.717, 1.165) is 0 Å². The molecular weight excluding hydrogens is 258 g/mol. The van der Waals surface area contributed by atoms with Gasteiger partial charge in [0.1, 0.15) is 0 Å². The third kappa shape index (κ3) is 3.98. The molecule has 1 unspecified atom stereocenters. The van der Waals surface area contributed by atoms with Crippen molar-refractivity contribution in [3.05, 3.63) is 59.7 Å². The van der Waals surface area contributed by atoms with Crippen LogP contribution in [0.3, 0.4) is 0 Å². The molecule has 1 rings (SSSR count). The first kappa shape index (κ1) is 14.5. The predicted molar refractivity (Wildman–Crippen MR) is 64.2 cm³/mol. The molecule has 102 valence electrons. The van der Waals surface area contributed by atoms with Crippen molar-refractivity contribution >= 4 is 5.69 Å². The van der Waals surface area contributed by atoms with Gasteiger partial charge in [-0.3, -0.25) is 30.3 Å². The van der Waals surface area contributed by atoms with E-state index in [1.165, 1.54) is 18.2 Å². The minimum absolute atomic E-state index is 0.117. The highest BCUT2D eigenvalue weighted by atomic mass is 16.6. The van der Waals surface area contributed by atoms with Crippen molar-refractivity contribution in [1.82, 2.24) is 0 Å². The number of aryl methyl sites for hydroxylation is 1. The zero-order valence-corrected chi connectivity index (χ0v) is 10.0. The van der Waals surface area contributed by atoms with Gasteiger partial charge < -0.3 is 0 Å². The predicted octanol–water partition coefficient (Wildman–Crippen LogP) is 1.37. The largest absolute Gasteiger partial charge is 0.280 e. The van der Waals surface area contributed by atoms with Crippen molar-refractivity contribution < 1.29 is 14.8 Å². The Morgan fingerprint density at radius 2 is 1.79 bits per heavy atom. The third-order valence-electron chi connectivity index (χ3n) is 2.65. The van der Waals surface area contributed by atoms with Crippen LogP contribution in [0.4, 0.5) is 5.69 Å². The van der Waals surface area contributed by atoms with Gasteiger partial charge in [-0.1, -0.05) is 6.07 Å². The number of hydrogen-bond donors (Lipinski definition) is 0. The van der Waals surface area contributed by atoms with E-state index in [9.17, 15) is 30.3 Å². The molecule has 9 heteroatoms. The van der Waals surface area contributed by atoms with Crippen molar-refractivity contribution in [2.24, 2.45) is 0 Å². The summed E-state index contributed by atoms with van der Waals surface area (Å²) in [6, 6.07) is 2.57.